The van der Waals surface area contributed by atoms with Crippen LogP contribution in [0.5, 0.6) is 0 Å². The van der Waals surface area contributed by atoms with E-state index < -0.39 is 14.3 Å². The fraction of sp³-hybridized carbons (Fsp3) is 0.708. The van der Waals surface area contributed by atoms with Crippen LogP contribution in [0.1, 0.15) is 47.0 Å². The maximum Gasteiger partial charge on any atom is 0.410 e. The summed E-state index contributed by atoms with van der Waals surface area (Å²) in [6.45, 7) is 17.8. The summed E-state index contributed by atoms with van der Waals surface area (Å²) >= 11 is 3.01. The second kappa shape index (κ2) is 10.9. The maximum atomic E-state index is 13.2. The van der Waals surface area contributed by atoms with Crippen molar-refractivity contribution in [3.8, 4) is 0 Å². The second-order valence-electron chi connectivity index (χ2n) is 10.7. The number of rotatable bonds is 9. The molecule has 0 radical (unpaired) electrons. The highest BCUT2D eigenvalue weighted by Crippen LogP contribution is 2.56. The topological polar surface area (TPSA) is 96.4 Å². The number of carbonyl (C=O) groups excluding carboxylic acids is 2. The molecule has 0 saturated carbocycles. The van der Waals surface area contributed by atoms with Gasteiger partial charge in [0, 0.05) is 18.3 Å². The van der Waals surface area contributed by atoms with Crippen LogP contribution < -0.4 is 0 Å². The fourth-order valence-electron chi connectivity index (χ4n) is 4.23. The molecule has 3 aliphatic heterocycles. The van der Waals surface area contributed by atoms with Crippen molar-refractivity contribution in [1.82, 2.24) is 9.80 Å². The minimum Gasteiger partial charge on any atom is -0.477 e. The van der Waals surface area contributed by atoms with Gasteiger partial charge in [-0.25, -0.2) is 9.59 Å². The molecule has 0 spiro atoms. The number of ether oxygens (including phenoxy) is 1. The zero-order valence-corrected chi connectivity index (χ0v) is 24.2. The number of fused-ring (bicyclic) bond motifs is 1. The number of amides is 2. The third-order valence-corrected chi connectivity index (χ3v) is 14.7. The largest absolute Gasteiger partial charge is 0.477 e. The lowest BCUT2D eigenvalue weighted by Gasteiger charge is -2.48. The van der Waals surface area contributed by atoms with Crippen molar-refractivity contribution in [1.29, 1.82) is 0 Å². The van der Waals surface area contributed by atoms with E-state index in [4.69, 9.17) is 9.16 Å². The SMILES string of the molecule is C=CCOC(=O)N1CCC(SC2=C(C(=O)O)N3C(=O)[C@@H]([C@H](CC)O[Si](C)(C)C(C)(C)C)[C@H]3S2)CC1. The lowest BCUT2D eigenvalue weighted by Crippen LogP contribution is -2.63. The van der Waals surface area contributed by atoms with Gasteiger partial charge in [-0.1, -0.05) is 52.1 Å². The average Bonchev–Trinajstić information content (AvgIpc) is 3.11. The number of hydrogen-bond acceptors (Lipinski definition) is 7. The van der Waals surface area contributed by atoms with Crippen LogP contribution in [0.25, 0.3) is 0 Å². The van der Waals surface area contributed by atoms with E-state index in [9.17, 15) is 19.5 Å². The van der Waals surface area contributed by atoms with Gasteiger partial charge in [0.15, 0.2) is 14.0 Å². The third-order valence-electron chi connectivity index (χ3n) is 7.30. The number of carbonyl (C=O) groups is 3. The molecule has 0 aromatic carbocycles. The highest BCUT2D eigenvalue weighted by atomic mass is 32.2. The van der Waals surface area contributed by atoms with Crippen molar-refractivity contribution in [2.45, 2.75) is 81.8 Å². The highest BCUT2D eigenvalue weighted by molar-refractivity contribution is 8.23. The molecule has 35 heavy (non-hydrogen) atoms. The summed E-state index contributed by atoms with van der Waals surface area (Å²) in [5.41, 5.74) is 0.0984. The van der Waals surface area contributed by atoms with E-state index in [1.807, 2.05) is 6.92 Å². The first-order chi connectivity index (χ1) is 16.3. The Labute approximate surface area is 218 Å². The summed E-state index contributed by atoms with van der Waals surface area (Å²) in [5, 5.41) is 9.90. The van der Waals surface area contributed by atoms with Crippen LogP contribution in [0.3, 0.4) is 0 Å². The molecule has 0 unspecified atom stereocenters. The quantitative estimate of drug-likeness (QED) is 0.244. The molecule has 0 aromatic heterocycles. The van der Waals surface area contributed by atoms with Crippen LogP contribution in [0.4, 0.5) is 4.79 Å². The molecule has 0 aliphatic carbocycles. The monoisotopic (exact) mass is 542 g/mol. The van der Waals surface area contributed by atoms with Crippen molar-refractivity contribution in [2.75, 3.05) is 19.7 Å². The molecule has 3 rings (SSSR count). The number of thioether (sulfide) groups is 2. The van der Waals surface area contributed by atoms with E-state index in [0.29, 0.717) is 23.7 Å². The van der Waals surface area contributed by atoms with Crippen LogP contribution in [-0.4, -0.2) is 77.6 Å². The van der Waals surface area contributed by atoms with E-state index in [1.54, 1.807) is 4.90 Å². The van der Waals surface area contributed by atoms with Crippen molar-refractivity contribution in [3.05, 3.63) is 22.6 Å². The fourth-order valence-corrected chi connectivity index (χ4v) is 8.89. The molecule has 3 heterocycles. The molecular formula is C24H38N2O6S2Si. The van der Waals surface area contributed by atoms with Gasteiger partial charge in [-0.2, -0.15) is 0 Å². The predicted octanol–water partition coefficient (Wildman–Crippen LogP) is 5.09. The maximum absolute atomic E-state index is 13.2. The van der Waals surface area contributed by atoms with Gasteiger partial charge < -0.3 is 19.2 Å². The Morgan fingerprint density at radius 3 is 2.46 bits per heavy atom. The zero-order chi connectivity index (χ0) is 26.1. The van der Waals surface area contributed by atoms with Gasteiger partial charge in [0.1, 0.15) is 12.0 Å². The number of hydrogen-bond donors (Lipinski definition) is 1. The van der Waals surface area contributed by atoms with Crippen LogP contribution >= 0.6 is 23.5 Å². The van der Waals surface area contributed by atoms with Crippen LogP contribution in [-0.2, 0) is 18.8 Å². The molecule has 2 fully saturated rings. The average molecular weight is 543 g/mol. The zero-order valence-electron chi connectivity index (χ0n) is 21.5. The van der Waals surface area contributed by atoms with Gasteiger partial charge in [0.2, 0.25) is 5.91 Å². The Bertz CT molecular complexity index is 895. The number of aliphatic carboxylic acids is 1. The number of β-lactam (4-membered cyclic amide) rings is 1. The number of piperidine rings is 1. The minimum absolute atomic E-state index is 0.0220. The van der Waals surface area contributed by atoms with Gasteiger partial charge in [-0.15, -0.1) is 11.8 Å². The predicted molar refractivity (Wildman–Crippen MR) is 142 cm³/mol. The minimum atomic E-state index is -2.09. The summed E-state index contributed by atoms with van der Waals surface area (Å²) in [4.78, 5) is 40.6. The number of nitrogens with zero attached hydrogens (tertiary/aromatic N) is 2. The van der Waals surface area contributed by atoms with Gasteiger partial charge in [0.05, 0.1) is 16.3 Å². The number of likely N-dealkylation sites (tertiary alicyclic amines) is 1. The lowest BCUT2D eigenvalue weighted by molar-refractivity contribution is -0.156. The molecule has 3 aliphatic rings. The van der Waals surface area contributed by atoms with Crippen molar-refractivity contribution >= 4 is 49.8 Å². The Morgan fingerprint density at radius 2 is 1.94 bits per heavy atom. The summed E-state index contributed by atoms with van der Waals surface area (Å²) < 4.78 is 12.4. The lowest BCUT2D eigenvalue weighted by atomic mass is 9.90. The molecule has 11 heteroatoms. The van der Waals surface area contributed by atoms with Crippen molar-refractivity contribution < 1.29 is 28.7 Å². The first-order valence-electron chi connectivity index (χ1n) is 12.2. The number of carboxylic acid groups (broad SMARTS) is 1. The Kier molecular flexibility index (Phi) is 8.76. The standard InChI is InChI=1S/C24H38N2O6S2Si/c1-8-14-31-23(30)25-12-10-15(11-13-25)33-22-18(21(28)29)26-19(27)17(20(26)34-22)16(9-2)32-35(6,7)24(3,4)5/h8,15-17,20H,1,9-14H2,2-7H3,(H,28,29)/t16-,17+,20+/m0/s1. The van der Waals surface area contributed by atoms with E-state index in [0.717, 1.165) is 12.8 Å². The van der Waals surface area contributed by atoms with Gasteiger partial charge >= 0.3 is 12.1 Å². The molecule has 1 N–H and O–H groups in total. The Morgan fingerprint density at radius 1 is 1.31 bits per heavy atom. The molecule has 0 aromatic rings. The summed E-state index contributed by atoms with van der Waals surface area (Å²) in [7, 11) is -2.09. The highest BCUT2D eigenvalue weighted by Gasteiger charge is 2.59. The molecule has 0 bridgehead atoms. The van der Waals surface area contributed by atoms with E-state index in [1.165, 1.54) is 34.5 Å². The van der Waals surface area contributed by atoms with E-state index in [-0.39, 0.29) is 52.0 Å². The van der Waals surface area contributed by atoms with Crippen LogP contribution in [0.2, 0.25) is 18.1 Å². The Balaban J connectivity index is 1.67. The first kappa shape index (κ1) is 28.1. The van der Waals surface area contributed by atoms with Gasteiger partial charge in [0.25, 0.3) is 0 Å². The van der Waals surface area contributed by atoms with Crippen LogP contribution in [0.15, 0.2) is 22.6 Å². The normalized spacial score (nSPS) is 24.2. The smallest absolute Gasteiger partial charge is 0.410 e. The molecule has 3 atom stereocenters. The van der Waals surface area contributed by atoms with Gasteiger partial charge in [-0.05, 0) is 37.4 Å². The summed E-state index contributed by atoms with van der Waals surface area (Å²) in [6.07, 6.45) is 3.15. The number of carboxylic acids is 1. The molecular weight excluding hydrogens is 504 g/mol. The van der Waals surface area contributed by atoms with Crippen LogP contribution in [0, 0.1) is 5.92 Å². The van der Waals surface area contributed by atoms with Crippen molar-refractivity contribution in [2.24, 2.45) is 5.92 Å². The van der Waals surface area contributed by atoms with Gasteiger partial charge in [-0.3, -0.25) is 9.69 Å². The summed E-state index contributed by atoms with van der Waals surface area (Å²) in [5.74, 6) is -1.56. The van der Waals surface area contributed by atoms with E-state index >= 15 is 0 Å². The molecule has 2 amide bonds. The van der Waals surface area contributed by atoms with E-state index in [2.05, 4.69) is 40.4 Å². The third kappa shape index (κ3) is 5.78. The Hall–Kier alpha value is -1.43. The second-order valence-corrected chi connectivity index (χ2v) is 18.1. The first-order valence-corrected chi connectivity index (χ1v) is 16.8. The molecule has 8 nitrogen and oxygen atoms in total. The molecule has 2 saturated heterocycles. The molecule has 196 valence electrons. The van der Waals surface area contributed by atoms with Crippen molar-refractivity contribution in [3.63, 3.8) is 0 Å². The summed E-state index contributed by atoms with van der Waals surface area (Å²) in [6, 6.07) is 0.